The molecule has 1 amide bonds. The molecule has 2 aromatic heterocycles. The van der Waals surface area contributed by atoms with Gasteiger partial charge in [-0.1, -0.05) is 18.2 Å². The number of para-hydroxylation sites is 1. The highest BCUT2D eigenvalue weighted by Gasteiger charge is 2.23. The summed E-state index contributed by atoms with van der Waals surface area (Å²) in [6.07, 6.45) is 5.36. The van der Waals surface area contributed by atoms with Crippen molar-refractivity contribution < 1.29 is 4.79 Å². The summed E-state index contributed by atoms with van der Waals surface area (Å²) >= 11 is 0. The van der Waals surface area contributed by atoms with E-state index in [0.29, 0.717) is 18.7 Å². The lowest BCUT2D eigenvalue weighted by Gasteiger charge is -2.28. The van der Waals surface area contributed by atoms with Gasteiger partial charge in [0.1, 0.15) is 0 Å². The van der Waals surface area contributed by atoms with Crippen molar-refractivity contribution in [1.29, 1.82) is 0 Å². The predicted octanol–water partition coefficient (Wildman–Crippen LogP) is 2.09. The Morgan fingerprint density at radius 3 is 3.00 bits per heavy atom. The summed E-state index contributed by atoms with van der Waals surface area (Å²) in [4.78, 5) is 23.2. The molecule has 0 fully saturated rings. The lowest BCUT2D eigenvalue weighted by molar-refractivity contribution is 0.0713. The minimum atomic E-state index is 0.0340. The molecular formula is C16H14N4O. The first-order valence-electron chi connectivity index (χ1n) is 6.95. The van der Waals surface area contributed by atoms with E-state index in [4.69, 9.17) is 0 Å². The molecule has 0 N–H and O–H groups in total. The number of nitrogens with zero attached hydrogens (tertiary/aromatic N) is 4. The molecule has 0 radical (unpaired) electrons. The van der Waals surface area contributed by atoms with E-state index in [1.807, 2.05) is 47.8 Å². The number of aromatic nitrogens is 3. The van der Waals surface area contributed by atoms with Gasteiger partial charge in [0.25, 0.3) is 5.91 Å². The van der Waals surface area contributed by atoms with Crippen LogP contribution in [0.3, 0.4) is 0 Å². The highest BCUT2D eigenvalue weighted by Crippen LogP contribution is 2.20. The van der Waals surface area contributed by atoms with E-state index in [9.17, 15) is 4.79 Å². The van der Waals surface area contributed by atoms with Crippen LogP contribution in [0, 0.1) is 0 Å². The van der Waals surface area contributed by atoms with Gasteiger partial charge in [-0.25, -0.2) is 4.98 Å². The lowest BCUT2D eigenvalue weighted by Crippen LogP contribution is -2.38. The molecule has 0 saturated carbocycles. The van der Waals surface area contributed by atoms with E-state index in [0.717, 1.165) is 23.1 Å². The van der Waals surface area contributed by atoms with Gasteiger partial charge in [-0.15, -0.1) is 0 Å². The van der Waals surface area contributed by atoms with Crippen LogP contribution in [-0.4, -0.2) is 31.9 Å². The van der Waals surface area contributed by atoms with Gasteiger partial charge in [0.15, 0.2) is 0 Å². The van der Waals surface area contributed by atoms with Crippen molar-refractivity contribution >= 4 is 16.8 Å². The van der Waals surface area contributed by atoms with E-state index in [2.05, 4.69) is 14.5 Å². The average Bonchev–Trinajstić information content (AvgIpc) is 3.01. The zero-order valence-electron chi connectivity index (χ0n) is 11.4. The molecule has 4 rings (SSSR count). The van der Waals surface area contributed by atoms with Gasteiger partial charge in [0.05, 0.1) is 29.6 Å². The second-order valence-electron chi connectivity index (χ2n) is 5.19. The SMILES string of the molecule is O=C(c1cccc2cccnc12)N1CCn2cncc2C1. The van der Waals surface area contributed by atoms with Crippen molar-refractivity contribution in [3.8, 4) is 0 Å². The van der Waals surface area contributed by atoms with Crippen molar-refractivity contribution in [2.75, 3.05) is 6.54 Å². The molecule has 0 spiro atoms. The van der Waals surface area contributed by atoms with E-state index in [-0.39, 0.29) is 5.91 Å². The predicted molar refractivity (Wildman–Crippen MR) is 78.7 cm³/mol. The van der Waals surface area contributed by atoms with Gasteiger partial charge in [-0.2, -0.15) is 0 Å². The van der Waals surface area contributed by atoms with Crippen molar-refractivity contribution in [3.63, 3.8) is 0 Å². The quantitative estimate of drug-likeness (QED) is 0.685. The zero-order chi connectivity index (χ0) is 14.2. The summed E-state index contributed by atoms with van der Waals surface area (Å²) in [5, 5.41) is 0.991. The molecule has 1 aliphatic rings. The Morgan fingerprint density at radius 2 is 2.05 bits per heavy atom. The first-order valence-corrected chi connectivity index (χ1v) is 6.95. The fraction of sp³-hybridized carbons (Fsp3) is 0.188. The second kappa shape index (κ2) is 4.70. The van der Waals surface area contributed by atoms with Crippen LogP contribution < -0.4 is 0 Å². The molecule has 5 heteroatoms. The topological polar surface area (TPSA) is 51.0 Å². The third kappa shape index (κ3) is 1.98. The zero-order valence-corrected chi connectivity index (χ0v) is 11.4. The molecule has 0 bridgehead atoms. The molecule has 5 nitrogen and oxygen atoms in total. The molecule has 21 heavy (non-hydrogen) atoms. The van der Waals surface area contributed by atoms with Crippen LogP contribution in [-0.2, 0) is 13.1 Å². The average molecular weight is 278 g/mol. The Morgan fingerprint density at radius 1 is 1.14 bits per heavy atom. The molecular weight excluding hydrogens is 264 g/mol. The Labute approximate surface area is 121 Å². The van der Waals surface area contributed by atoms with Gasteiger partial charge in [-0.05, 0) is 12.1 Å². The number of amides is 1. The van der Waals surface area contributed by atoms with Gasteiger partial charge < -0.3 is 9.47 Å². The highest BCUT2D eigenvalue weighted by atomic mass is 16.2. The Balaban J connectivity index is 1.71. The molecule has 1 aliphatic heterocycles. The van der Waals surface area contributed by atoms with Gasteiger partial charge in [0.2, 0.25) is 0 Å². The number of pyridine rings is 1. The number of hydrogen-bond acceptors (Lipinski definition) is 3. The molecule has 0 unspecified atom stereocenters. The monoisotopic (exact) mass is 278 g/mol. The van der Waals surface area contributed by atoms with Crippen molar-refractivity contribution in [3.05, 3.63) is 60.3 Å². The largest absolute Gasteiger partial charge is 0.331 e. The molecule has 1 aromatic carbocycles. The Hall–Kier alpha value is -2.69. The highest BCUT2D eigenvalue weighted by molar-refractivity contribution is 6.05. The first kappa shape index (κ1) is 12.1. The lowest BCUT2D eigenvalue weighted by atomic mass is 10.1. The van der Waals surface area contributed by atoms with Crippen LogP contribution in [0.4, 0.5) is 0 Å². The van der Waals surface area contributed by atoms with Crippen molar-refractivity contribution in [2.24, 2.45) is 0 Å². The maximum absolute atomic E-state index is 12.8. The van der Waals surface area contributed by atoms with Crippen LogP contribution in [0.15, 0.2) is 49.1 Å². The normalized spacial score (nSPS) is 14.2. The summed E-state index contributed by atoms with van der Waals surface area (Å²) in [6, 6.07) is 9.60. The number of carbonyl (C=O) groups is 1. The molecule has 0 atom stereocenters. The number of carbonyl (C=O) groups excluding carboxylic acids is 1. The van der Waals surface area contributed by atoms with Crippen LogP contribution in [0.1, 0.15) is 16.1 Å². The maximum Gasteiger partial charge on any atom is 0.256 e. The summed E-state index contributed by atoms with van der Waals surface area (Å²) in [6.45, 7) is 2.09. The van der Waals surface area contributed by atoms with Crippen LogP contribution in [0.25, 0.3) is 10.9 Å². The molecule has 104 valence electrons. The Kier molecular flexibility index (Phi) is 2.70. The number of imidazole rings is 1. The third-order valence-electron chi connectivity index (χ3n) is 3.91. The van der Waals surface area contributed by atoms with E-state index in [1.54, 1.807) is 6.20 Å². The minimum Gasteiger partial charge on any atom is -0.331 e. The molecule has 0 saturated heterocycles. The number of hydrogen-bond donors (Lipinski definition) is 0. The van der Waals surface area contributed by atoms with Gasteiger partial charge in [0, 0.05) is 30.9 Å². The van der Waals surface area contributed by atoms with Crippen LogP contribution in [0.5, 0.6) is 0 Å². The molecule has 3 aromatic rings. The standard InChI is InChI=1S/C16H14N4O/c21-16(19-7-8-20-11-17-9-13(20)10-19)14-5-1-3-12-4-2-6-18-15(12)14/h1-6,9,11H,7-8,10H2. The summed E-state index contributed by atoms with van der Waals surface area (Å²) in [5.74, 6) is 0.0340. The molecule has 3 heterocycles. The van der Waals surface area contributed by atoms with Crippen molar-refractivity contribution in [1.82, 2.24) is 19.4 Å². The van der Waals surface area contributed by atoms with Gasteiger partial charge in [-0.3, -0.25) is 9.78 Å². The fourth-order valence-corrected chi connectivity index (χ4v) is 2.80. The number of rotatable bonds is 1. The fourth-order valence-electron chi connectivity index (χ4n) is 2.80. The number of fused-ring (bicyclic) bond motifs is 2. The number of benzene rings is 1. The van der Waals surface area contributed by atoms with Gasteiger partial charge >= 0.3 is 0 Å². The van der Waals surface area contributed by atoms with Crippen molar-refractivity contribution in [2.45, 2.75) is 13.1 Å². The summed E-state index contributed by atoms with van der Waals surface area (Å²) < 4.78 is 2.09. The van der Waals surface area contributed by atoms with E-state index in [1.165, 1.54) is 0 Å². The minimum absolute atomic E-state index is 0.0340. The molecule has 0 aliphatic carbocycles. The second-order valence-corrected chi connectivity index (χ2v) is 5.19. The van der Waals surface area contributed by atoms with E-state index >= 15 is 0 Å². The van der Waals surface area contributed by atoms with Crippen LogP contribution >= 0.6 is 0 Å². The summed E-state index contributed by atoms with van der Waals surface area (Å²) in [7, 11) is 0. The Bertz CT molecular complexity index is 819. The third-order valence-corrected chi connectivity index (χ3v) is 3.91. The van der Waals surface area contributed by atoms with E-state index < -0.39 is 0 Å². The van der Waals surface area contributed by atoms with Crippen LogP contribution in [0.2, 0.25) is 0 Å². The first-order chi connectivity index (χ1) is 10.3. The summed E-state index contributed by atoms with van der Waals surface area (Å²) in [5.41, 5.74) is 2.51. The smallest absolute Gasteiger partial charge is 0.256 e. The maximum atomic E-state index is 12.8.